The smallest absolute Gasteiger partial charge is 0.356 e. The summed E-state index contributed by atoms with van der Waals surface area (Å²) in [6.07, 6.45) is 1.50. The molecule has 5 rings (SSSR count). The number of esters is 1. The van der Waals surface area contributed by atoms with Crippen molar-refractivity contribution in [1.82, 2.24) is 14.9 Å². The molecule has 0 aliphatic carbocycles. The number of aromatic nitrogens is 2. The minimum atomic E-state index is -2.52. The number of likely N-dealkylation sites (N-methyl/N-ethyl adjacent to an activating group) is 1. The highest BCUT2D eigenvalue weighted by Crippen LogP contribution is 2.40. The van der Waals surface area contributed by atoms with E-state index in [9.17, 15) is 23.8 Å². The number of fused-ring (bicyclic) bond motifs is 1. The summed E-state index contributed by atoms with van der Waals surface area (Å²) in [5.41, 5.74) is 3.59. The molecule has 1 amide bonds. The Bertz CT molecular complexity index is 1590. The number of carbonyl (C=O) groups is 2. The molecule has 0 radical (unpaired) electrons. The van der Waals surface area contributed by atoms with Gasteiger partial charge in [0.15, 0.2) is 5.88 Å². The van der Waals surface area contributed by atoms with Gasteiger partial charge in [-0.1, -0.05) is 30.3 Å². The lowest BCUT2D eigenvalue weighted by Gasteiger charge is -2.40. The molecule has 0 unspecified atom stereocenters. The van der Waals surface area contributed by atoms with Crippen molar-refractivity contribution in [1.29, 1.82) is 0 Å². The second-order valence-corrected chi connectivity index (χ2v) is 12.2. The standard InChI is InChI=1S/C29H31N5O6S/c1-33(25(35)18-34-12-14-41(38,39)15-13-34)21-10-8-20(9-11-21)31-27(19-6-4-3-5-7-19)26-22-17-30-24(29(37)40-2)16-23(22)32-28(26)36/h3-11,16-17,32,36,38-39H,12-15,18H2,1-2H3. The molecule has 0 bridgehead atoms. The SMILES string of the molecule is COC(=O)c1cc2[nH]c(O)c(C(=Nc3ccc(N(C)C(=O)CN4CCS(O)(O)CC4)cc3)c3ccccc3)c2cn1. The van der Waals surface area contributed by atoms with E-state index >= 15 is 0 Å². The van der Waals surface area contributed by atoms with E-state index in [2.05, 4.69) is 9.97 Å². The Labute approximate surface area is 238 Å². The normalized spacial score (nSPS) is 16.3. The predicted octanol–water partition coefficient (Wildman–Crippen LogP) is 4.25. The summed E-state index contributed by atoms with van der Waals surface area (Å²) in [6, 6.07) is 18.1. The number of aromatic hydroxyl groups is 1. The van der Waals surface area contributed by atoms with Crippen LogP contribution in [0.5, 0.6) is 5.88 Å². The van der Waals surface area contributed by atoms with Crippen LogP contribution in [0.15, 0.2) is 71.9 Å². The molecule has 12 heteroatoms. The highest BCUT2D eigenvalue weighted by atomic mass is 32.3. The average molecular weight is 578 g/mol. The van der Waals surface area contributed by atoms with E-state index in [-0.39, 0.29) is 35.5 Å². The monoisotopic (exact) mass is 577 g/mol. The minimum absolute atomic E-state index is 0.104. The maximum absolute atomic E-state index is 12.9. The zero-order valence-electron chi connectivity index (χ0n) is 22.6. The first-order chi connectivity index (χ1) is 19.6. The molecular weight excluding hydrogens is 546 g/mol. The number of ether oxygens (including phenoxy) is 1. The lowest BCUT2D eigenvalue weighted by molar-refractivity contribution is -0.119. The molecule has 4 N–H and O–H groups in total. The van der Waals surface area contributed by atoms with Gasteiger partial charge in [-0.05, 0) is 30.3 Å². The van der Waals surface area contributed by atoms with Gasteiger partial charge in [-0.2, -0.15) is 10.6 Å². The van der Waals surface area contributed by atoms with Crippen molar-refractivity contribution >= 4 is 50.5 Å². The van der Waals surface area contributed by atoms with Crippen molar-refractivity contribution < 1.29 is 28.5 Å². The van der Waals surface area contributed by atoms with Crippen molar-refractivity contribution in [3.05, 3.63) is 83.7 Å². The Hall–Kier alpha value is -4.23. The minimum Gasteiger partial charge on any atom is -0.494 e. The van der Waals surface area contributed by atoms with Crippen molar-refractivity contribution in [2.24, 2.45) is 4.99 Å². The van der Waals surface area contributed by atoms with Gasteiger partial charge in [0.05, 0.1) is 47.6 Å². The molecule has 2 aromatic carbocycles. The summed E-state index contributed by atoms with van der Waals surface area (Å²) in [5, 5.41) is 11.5. The van der Waals surface area contributed by atoms with Crippen LogP contribution in [0, 0.1) is 0 Å². The topological polar surface area (TPSA) is 152 Å². The van der Waals surface area contributed by atoms with Gasteiger partial charge in [-0.25, -0.2) is 14.8 Å². The molecule has 1 saturated heterocycles. The quantitative estimate of drug-likeness (QED) is 0.188. The largest absolute Gasteiger partial charge is 0.494 e. The van der Waals surface area contributed by atoms with Gasteiger partial charge in [-0.15, -0.1) is 0 Å². The molecule has 4 aromatic rings. The van der Waals surface area contributed by atoms with Crippen LogP contribution >= 0.6 is 10.6 Å². The number of aliphatic imine (C=N–C) groups is 1. The van der Waals surface area contributed by atoms with Gasteiger partial charge in [0.2, 0.25) is 5.91 Å². The zero-order valence-corrected chi connectivity index (χ0v) is 23.5. The molecule has 3 heterocycles. The number of rotatable bonds is 7. The Morgan fingerprint density at radius 3 is 2.44 bits per heavy atom. The number of benzene rings is 2. The molecule has 214 valence electrons. The number of hydrogen-bond donors (Lipinski definition) is 4. The summed E-state index contributed by atoms with van der Waals surface area (Å²) in [6.45, 7) is 1.13. The van der Waals surface area contributed by atoms with Crippen molar-refractivity contribution in [3.63, 3.8) is 0 Å². The molecule has 1 aliphatic heterocycles. The number of nitrogens with one attached hydrogen (secondary N) is 1. The number of aromatic amines is 1. The third kappa shape index (κ3) is 6.25. The van der Waals surface area contributed by atoms with E-state index in [1.165, 1.54) is 19.4 Å². The van der Waals surface area contributed by atoms with Crippen molar-refractivity contribution in [3.8, 4) is 5.88 Å². The highest BCUT2D eigenvalue weighted by molar-refractivity contribution is 8.24. The van der Waals surface area contributed by atoms with Crippen LogP contribution in [0.2, 0.25) is 0 Å². The zero-order chi connectivity index (χ0) is 29.1. The number of H-pyrrole nitrogens is 1. The molecular formula is C29H31N5O6S. The summed E-state index contributed by atoms with van der Waals surface area (Å²) in [5.74, 6) is -0.235. The maximum atomic E-state index is 12.9. The van der Waals surface area contributed by atoms with E-state index in [0.29, 0.717) is 46.6 Å². The van der Waals surface area contributed by atoms with Crippen LogP contribution in [0.25, 0.3) is 10.9 Å². The van der Waals surface area contributed by atoms with Gasteiger partial charge in [0.1, 0.15) is 5.69 Å². The van der Waals surface area contributed by atoms with E-state index in [0.717, 1.165) is 5.56 Å². The number of hydrogen-bond acceptors (Lipinski definition) is 9. The lowest BCUT2D eigenvalue weighted by atomic mass is 10.0. The first-order valence-corrected chi connectivity index (χ1v) is 14.8. The third-order valence-electron chi connectivity index (χ3n) is 7.02. The lowest BCUT2D eigenvalue weighted by Crippen LogP contribution is -2.44. The number of methoxy groups -OCH3 is 1. The van der Waals surface area contributed by atoms with E-state index in [1.807, 2.05) is 35.2 Å². The fraction of sp³-hybridized carbons (Fsp3) is 0.241. The average Bonchev–Trinajstić information content (AvgIpc) is 3.31. The number of nitrogens with zero attached hydrogens (tertiary/aromatic N) is 4. The maximum Gasteiger partial charge on any atom is 0.356 e. The van der Waals surface area contributed by atoms with E-state index in [1.54, 1.807) is 36.2 Å². The molecule has 1 fully saturated rings. The van der Waals surface area contributed by atoms with Crippen LogP contribution in [-0.4, -0.2) is 92.0 Å². The van der Waals surface area contributed by atoms with Crippen LogP contribution in [0.1, 0.15) is 21.6 Å². The molecule has 11 nitrogen and oxygen atoms in total. The molecule has 2 aromatic heterocycles. The summed E-state index contributed by atoms with van der Waals surface area (Å²) < 4.78 is 24.4. The first kappa shape index (κ1) is 28.3. The van der Waals surface area contributed by atoms with E-state index < -0.39 is 16.6 Å². The summed E-state index contributed by atoms with van der Waals surface area (Å²) >= 11 is 0. The summed E-state index contributed by atoms with van der Waals surface area (Å²) in [7, 11) is 0.462. The molecule has 1 aliphatic rings. The van der Waals surface area contributed by atoms with Crippen LogP contribution in [0.4, 0.5) is 11.4 Å². The van der Waals surface area contributed by atoms with Crippen LogP contribution in [-0.2, 0) is 9.53 Å². The van der Waals surface area contributed by atoms with Gasteiger partial charge in [-0.3, -0.25) is 18.8 Å². The number of anilines is 1. The molecule has 0 spiro atoms. The van der Waals surface area contributed by atoms with E-state index in [4.69, 9.17) is 9.73 Å². The third-order valence-corrected chi connectivity index (χ3v) is 8.69. The van der Waals surface area contributed by atoms with Gasteiger partial charge < -0.3 is 19.7 Å². The Morgan fingerprint density at radius 1 is 1.10 bits per heavy atom. The fourth-order valence-corrected chi connectivity index (χ4v) is 5.94. The number of amides is 1. The number of carbonyl (C=O) groups excluding carboxylic acids is 2. The fourth-order valence-electron chi connectivity index (χ4n) is 4.64. The van der Waals surface area contributed by atoms with Gasteiger partial charge in [0, 0.05) is 43.0 Å². The second kappa shape index (κ2) is 11.7. The van der Waals surface area contributed by atoms with Crippen molar-refractivity contribution in [2.75, 3.05) is 50.2 Å². The number of pyridine rings is 1. The highest BCUT2D eigenvalue weighted by Gasteiger charge is 2.25. The van der Waals surface area contributed by atoms with Gasteiger partial charge >= 0.3 is 5.97 Å². The summed E-state index contributed by atoms with van der Waals surface area (Å²) in [4.78, 5) is 40.3. The Kier molecular flexibility index (Phi) is 8.08. The molecule has 0 atom stereocenters. The van der Waals surface area contributed by atoms with Crippen LogP contribution < -0.4 is 4.90 Å². The van der Waals surface area contributed by atoms with Crippen LogP contribution in [0.3, 0.4) is 0 Å². The predicted molar refractivity (Wildman–Crippen MR) is 160 cm³/mol. The van der Waals surface area contributed by atoms with Gasteiger partial charge in [0.25, 0.3) is 0 Å². The first-order valence-electron chi connectivity index (χ1n) is 12.9. The molecule has 41 heavy (non-hydrogen) atoms. The Balaban J connectivity index is 1.42. The Morgan fingerprint density at radius 2 is 1.78 bits per heavy atom. The second-order valence-electron chi connectivity index (χ2n) is 9.74. The molecule has 0 saturated carbocycles. The van der Waals surface area contributed by atoms with Crippen molar-refractivity contribution in [2.45, 2.75) is 0 Å².